The first kappa shape index (κ1) is 25.9. The molecular weight excluding hydrogens is 525 g/mol. The summed E-state index contributed by atoms with van der Waals surface area (Å²) in [7, 11) is 0. The summed E-state index contributed by atoms with van der Waals surface area (Å²) >= 11 is 19.3. The minimum absolute atomic E-state index is 0.0683. The number of carboxylic acid groups (broad SMARTS) is 1. The molecule has 0 fully saturated rings. The van der Waals surface area contributed by atoms with E-state index in [0.29, 0.717) is 43.6 Å². The van der Waals surface area contributed by atoms with Gasteiger partial charge in [0.05, 0.1) is 26.2 Å². The molecule has 0 bridgehead atoms. The Morgan fingerprint density at radius 1 is 0.917 bits per heavy atom. The second-order valence-electron chi connectivity index (χ2n) is 8.29. The minimum Gasteiger partial charge on any atom is -0.489 e. The number of ether oxygens (including phenoxy) is 2. The quantitative estimate of drug-likeness (QED) is 0.227. The highest BCUT2D eigenvalue weighted by molar-refractivity contribution is 6.39. The highest BCUT2D eigenvalue weighted by Crippen LogP contribution is 2.39. The summed E-state index contributed by atoms with van der Waals surface area (Å²) in [5.41, 5.74) is 2.84. The number of halogens is 3. The maximum absolute atomic E-state index is 11.0. The molecule has 1 heterocycles. The molecule has 0 saturated heterocycles. The van der Waals surface area contributed by atoms with Crippen LogP contribution in [-0.2, 0) is 13.2 Å². The van der Waals surface area contributed by atoms with Gasteiger partial charge in [-0.05, 0) is 48.5 Å². The monoisotopic (exact) mass is 545 g/mol. The molecule has 186 valence electrons. The molecule has 0 aliphatic heterocycles. The fourth-order valence-electron chi connectivity index (χ4n) is 3.58. The average Bonchev–Trinajstić information content (AvgIpc) is 3.26. The normalized spacial score (nSPS) is 11.1. The van der Waals surface area contributed by atoms with E-state index in [1.54, 1.807) is 42.5 Å². The van der Waals surface area contributed by atoms with Crippen LogP contribution in [0.25, 0.3) is 11.3 Å². The van der Waals surface area contributed by atoms with Crippen LogP contribution in [0.15, 0.2) is 65.2 Å². The Kier molecular flexibility index (Phi) is 8.09. The van der Waals surface area contributed by atoms with Crippen molar-refractivity contribution in [2.24, 2.45) is 0 Å². The number of hydrogen-bond acceptors (Lipinski definition) is 5. The first-order valence-corrected chi connectivity index (χ1v) is 12.2. The minimum atomic E-state index is -0.992. The molecule has 0 spiro atoms. The van der Waals surface area contributed by atoms with Crippen molar-refractivity contribution in [2.45, 2.75) is 33.0 Å². The van der Waals surface area contributed by atoms with Crippen LogP contribution in [0.2, 0.25) is 15.1 Å². The Morgan fingerprint density at radius 3 is 2.17 bits per heavy atom. The number of hydrogen-bond donors (Lipinski definition) is 1. The second-order valence-corrected chi connectivity index (χ2v) is 9.51. The lowest BCUT2D eigenvalue weighted by atomic mass is 10.0. The predicted molar refractivity (Wildman–Crippen MR) is 140 cm³/mol. The lowest BCUT2D eigenvalue weighted by Gasteiger charge is -2.12. The molecule has 3 aromatic carbocycles. The van der Waals surface area contributed by atoms with Crippen LogP contribution in [0.4, 0.5) is 0 Å². The van der Waals surface area contributed by atoms with Crippen LogP contribution in [-0.4, -0.2) is 16.2 Å². The molecule has 4 rings (SSSR count). The second kappa shape index (κ2) is 11.2. The molecule has 4 aromatic rings. The van der Waals surface area contributed by atoms with E-state index >= 15 is 0 Å². The highest BCUT2D eigenvalue weighted by Gasteiger charge is 2.24. The molecular formula is C27H22Cl3NO5. The van der Waals surface area contributed by atoms with E-state index in [1.807, 2.05) is 19.9 Å². The summed E-state index contributed by atoms with van der Waals surface area (Å²) in [6.07, 6.45) is 0. The summed E-state index contributed by atoms with van der Waals surface area (Å²) < 4.78 is 17.4. The first-order chi connectivity index (χ1) is 17.2. The van der Waals surface area contributed by atoms with Gasteiger partial charge in [-0.3, -0.25) is 0 Å². The number of nitrogens with zero attached hydrogens (tertiary/aromatic N) is 1. The summed E-state index contributed by atoms with van der Waals surface area (Å²) in [5, 5.41) is 14.7. The van der Waals surface area contributed by atoms with Gasteiger partial charge in [0.25, 0.3) is 0 Å². The molecule has 0 radical (unpaired) electrons. The van der Waals surface area contributed by atoms with Crippen molar-refractivity contribution < 1.29 is 23.9 Å². The van der Waals surface area contributed by atoms with Gasteiger partial charge in [-0.1, -0.05) is 65.9 Å². The molecule has 1 N–H and O–H groups in total. The number of benzene rings is 3. The van der Waals surface area contributed by atoms with Gasteiger partial charge in [0.1, 0.15) is 36.2 Å². The fourth-order valence-corrected chi connectivity index (χ4v) is 4.38. The number of rotatable bonds is 9. The zero-order valence-corrected chi connectivity index (χ0v) is 21.7. The molecule has 1 aromatic heterocycles. The molecule has 0 aliphatic carbocycles. The van der Waals surface area contributed by atoms with E-state index in [9.17, 15) is 4.79 Å². The lowest BCUT2D eigenvalue weighted by molar-refractivity contribution is 0.0697. The number of carbonyl (C=O) groups is 1. The summed E-state index contributed by atoms with van der Waals surface area (Å²) in [5.74, 6) is 0.858. The van der Waals surface area contributed by atoms with E-state index < -0.39 is 5.97 Å². The van der Waals surface area contributed by atoms with Crippen LogP contribution in [0.5, 0.6) is 11.5 Å². The van der Waals surface area contributed by atoms with Gasteiger partial charge in [0, 0.05) is 17.0 Å². The van der Waals surface area contributed by atoms with E-state index in [-0.39, 0.29) is 24.7 Å². The standard InChI is InChI=1S/C27H22Cl3NO5/c1-15(2)26-20(25(31-36-26)24-21(28)4-3-5-22(24)29)14-35-19-11-8-17(23(30)12-19)13-34-18-9-6-16(7-10-18)27(32)33/h3-12,15H,13-14H2,1-2H3,(H,32,33). The van der Waals surface area contributed by atoms with Gasteiger partial charge in [0.2, 0.25) is 0 Å². The molecule has 9 heteroatoms. The van der Waals surface area contributed by atoms with Gasteiger partial charge in [-0.15, -0.1) is 0 Å². The van der Waals surface area contributed by atoms with Crippen molar-refractivity contribution in [3.8, 4) is 22.8 Å². The van der Waals surface area contributed by atoms with E-state index in [2.05, 4.69) is 5.16 Å². The molecule has 0 unspecified atom stereocenters. The van der Waals surface area contributed by atoms with Gasteiger partial charge in [-0.25, -0.2) is 4.79 Å². The predicted octanol–water partition coefficient (Wildman–Crippen LogP) is 8.28. The molecule has 0 aliphatic rings. The molecule has 0 amide bonds. The Balaban J connectivity index is 1.49. The third kappa shape index (κ3) is 5.78. The van der Waals surface area contributed by atoms with Crippen molar-refractivity contribution in [2.75, 3.05) is 0 Å². The Bertz CT molecular complexity index is 1360. The van der Waals surface area contributed by atoms with Crippen molar-refractivity contribution in [3.63, 3.8) is 0 Å². The van der Waals surface area contributed by atoms with Crippen LogP contribution in [0.1, 0.15) is 47.0 Å². The van der Waals surface area contributed by atoms with Crippen molar-refractivity contribution >= 4 is 40.8 Å². The van der Waals surface area contributed by atoms with E-state index in [4.69, 9.17) is 53.9 Å². The molecule has 0 saturated carbocycles. The number of carboxylic acids is 1. The van der Waals surface area contributed by atoms with Crippen molar-refractivity contribution in [1.29, 1.82) is 0 Å². The highest BCUT2D eigenvalue weighted by atomic mass is 35.5. The van der Waals surface area contributed by atoms with Crippen LogP contribution in [0.3, 0.4) is 0 Å². The Labute approximate surface area is 223 Å². The molecule has 6 nitrogen and oxygen atoms in total. The maximum atomic E-state index is 11.0. The van der Waals surface area contributed by atoms with Gasteiger partial charge >= 0.3 is 5.97 Å². The summed E-state index contributed by atoms with van der Waals surface area (Å²) in [6, 6.07) is 16.7. The zero-order valence-electron chi connectivity index (χ0n) is 19.4. The largest absolute Gasteiger partial charge is 0.489 e. The van der Waals surface area contributed by atoms with Gasteiger partial charge < -0.3 is 19.1 Å². The van der Waals surface area contributed by atoms with Crippen molar-refractivity contribution in [1.82, 2.24) is 5.16 Å². The van der Waals surface area contributed by atoms with Gasteiger partial charge in [0.15, 0.2) is 0 Å². The summed E-state index contributed by atoms with van der Waals surface area (Å²) in [4.78, 5) is 11.0. The molecule has 0 atom stereocenters. The summed E-state index contributed by atoms with van der Waals surface area (Å²) in [6.45, 7) is 4.39. The zero-order chi connectivity index (χ0) is 25.8. The first-order valence-electron chi connectivity index (χ1n) is 11.0. The van der Waals surface area contributed by atoms with E-state index in [1.165, 1.54) is 12.1 Å². The Hall–Kier alpha value is -3.19. The lowest BCUT2D eigenvalue weighted by Crippen LogP contribution is -2.02. The maximum Gasteiger partial charge on any atom is 0.335 e. The number of aromatic carboxylic acids is 1. The fraction of sp³-hybridized carbons (Fsp3) is 0.185. The third-order valence-corrected chi connectivity index (χ3v) is 6.43. The molecule has 36 heavy (non-hydrogen) atoms. The van der Waals surface area contributed by atoms with Crippen LogP contribution >= 0.6 is 34.8 Å². The van der Waals surface area contributed by atoms with E-state index in [0.717, 1.165) is 11.1 Å². The van der Waals surface area contributed by atoms with Crippen molar-refractivity contribution in [3.05, 3.63) is 98.2 Å². The SMILES string of the molecule is CC(C)c1onc(-c2c(Cl)cccc2Cl)c1COc1ccc(COc2ccc(C(=O)O)cc2)c(Cl)c1. The average molecular weight is 547 g/mol. The van der Waals surface area contributed by atoms with Crippen LogP contribution < -0.4 is 9.47 Å². The van der Waals surface area contributed by atoms with Crippen LogP contribution in [0, 0.1) is 0 Å². The smallest absolute Gasteiger partial charge is 0.335 e. The number of aromatic nitrogens is 1. The Morgan fingerprint density at radius 2 is 1.56 bits per heavy atom. The third-order valence-electron chi connectivity index (χ3n) is 5.45. The topological polar surface area (TPSA) is 81.8 Å². The van der Waals surface area contributed by atoms with Gasteiger partial charge in [-0.2, -0.15) is 0 Å².